The van der Waals surface area contributed by atoms with E-state index in [2.05, 4.69) is 27.6 Å². The molecule has 7 heteroatoms. The summed E-state index contributed by atoms with van der Waals surface area (Å²) in [6, 6.07) is 12.6. The van der Waals surface area contributed by atoms with Gasteiger partial charge in [-0.15, -0.1) is 0 Å². The highest BCUT2D eigenvalue weighted by molar-refractivity contribution is 14.1. The van der Waals surface area contributed by atoms with Crippen molar-refractivity contribution in [2.24, 2.45) is 12.0 Å². The average Bonchev–Trinajstić information content (AvgIpc) is 2.89. The number of aromatic nitrogens is 1. The number of methoxy groups -OCH3 is 1. The van der Waals surface area contributed by atoms with Gasteiger partial charge in [-0.3, -0.25) is 4.79 Å². The lowest BCUT2D eigenvalue weighted by Crippen LogP contribution is -2.13. The molecule has 0 saturated heterocycles. The van der Waals surface area contributed by atoms with E-state index in [1.165, 1.54) is 18.4 Å². The molecule has 0 unspecified atom stereocenters. The quantitative estimate of drug-likeness (QED) is 0.443. The Morgan fingerprint density at radius 1 is 1.21 bits per heavy atom. The van der Waals surface area contributed by atoms with Gasteiger partial charge in [-0.1, -0.05) is 23.5 Å². The number of thiazole rings is 1. The smallest absolute Gasteiger partial charge is 0.337 e. The number of halogens is 1. The Kier molecular flexibility index (Phi) is 4.81. The Balaban J connectivity index is 2.09. The van der Waals surface area contributed by atoms with Crippen molar-refractivity contribution in [3.8, 4) is 0 Å². The van der Waals surface area contributed by atoms with Gasteiger partial charge in [0.15, 0.2) is 4.80 Å². The molecule has 2 aromatic carbocycles. The SMILES string of the molecule is COC(=O)c1ccc2c(c1)sc(=NC(=O)c1ccccc1I)n2C. The third-order valence-electron chi connectivity index (χ3n) is 3.53. The van der Waals surface area contributed by atoms with Crippen LogP contribution in [0.5, 0.6) is 0 Å². The predicted molar refractivity (Wildman–Crippen MR) is 101 cm³/mol. The molecule has 0 bridgehead atoms. The van der Waals surface area contributed by atoms with Crippen molar-refractivity contribution < 1.29 is 14.3 Å². The first-order valence-electron chi connectivity index (χ1n) is 7.02. The lowest BCUT2D eigenvalue weighted by molar-refractivity contribution is 0.0601. The molecule has 0 fully saturated rings. The van der Waals surface area contributed by atoms with Crippen LogP contribution >= 0.6 is 33.9 Å². The second kappa shape index (κ2) is 6.86. The van der Waals surface area contributed by atoms with Gasteiger partial charge in [-0.05, 0) is 52.9 Å². The second-order valence-corrected chi connectivity index (χ2v) is 7.19. The van der Waals surface area contributed by atoms with Gasteiger partial charge in [0, 0.05) is 10.6 Å². The maximum absolute atomic E-state index is 12.4. The van der Waals surface area contributed by atoms with Crippen LogP contribution in [0.3, 0.4) is 0 Å². The number of fused-ring (bicyclic) bond motifs is 1. The zero-order valence-electron chi connectivity index (χ0n) is 12.9. The fraction of sp³-hybridized carbons (Fsp3) is 0.118. The topological polar surface area (TPSA) is 60.7 Å². The summed E-state index contributed by atoms with van der Waals surface area (Å²) in [6.07, 6.45) is 0. The molecule has 0 spiro atoms. The van der Waals surface area contributed by atoms with Gasteiger partial charge in [-0.25, -0.2) is 4.79 Å². The summed E-state index contributed by atoms with van der Waals surface area (Å²) in [5, 5.41) is 0. The third kappa shape index (κ3) is 3.13. The summed E-state index contributed by atoms with van der Waals surface area (Å²) < 4.78 is 8.31. The predicted octanol–water partition coefficient (Wildman–Crippen LogP) is 3.37. The fourth-order valence-corrected chi connectivity index (χ4v) is 3.94. The summed E-state index contributed by atoms with van der Waals surface area (Å²) in [4.78, 5) is 28.9. The van der Waals surface area contributed by atoms with Crippen molar-refractivity contribution in [1.29, 1.82) is 0 Å². The van der Waals surface area contributed by atoms with Crippen LogP contribution in [0.15, 0.2) is 47.5 Å². The summed E-state index contributed by atoms with van der Waals surface area (Å²) >= 11 is 3.48. The van der Waals surface area contributed by atoms with E-state index in [-0.39, 0.29) is 11.9 Å². The molecule has 1 aromatic heterocycles. The van der Waals surface area contributed by atoms with E-state index in [0.29, 0.717) is 15.9 Å². The lowest BCUT2D eigenvalue weighted by atomic mass is 10.2. The van der Waals surface area contributed by atoms with Gasteiger partial charge in [0.2, 0.25) is 0 Å². The van der Waals surface area contributed by atoms with Crippen molar-refractivity contribution in [3.05, 3.63) is 62.0 Å². The number of ether oxygens (including phenoxy) is 1. The van der Waals surface area contributed by atoms with Crippen molar-refractivity contribution in [2.75, 3.05) is 7.11 Å². The number of carbonyl (C=O) groups excluding carboxylic acids is 2. The number of esters is 1. The molecule has 0 atom stereocenters. The fourth-order valence-electron chi connectivity index (χ4n) is 2.27. The Morgan fingerprint density at radius 3 is 2.67 bits per heavy atom. The van der Waals surface area contributed by atoms with Crippen LogP contribution < -0.4 is 4.80 Å². The second-order valence-electron chi connectivity index (χ2n) is 5.01. The molecule has 1 amide bonds. The van der Waals surface area contributed by atoms with Crippen LogP contribution in [0.25, 0.3) is 10.2 Å². The van der Waals surface area contributed by atoms with E-state index in [0.717, 1.165) is 13.8 Å². The number of amides is 1. The summed E-state index contributed by atoms with van der Waals surface area (Å²) in [7, 11) is 3.20. The molecule has 0 radical (unpaired) electrons. The standard InChI is InChI=1S/C17H13IN2O3S/c1-20-13-8-7-10(16(22)23-2)9-14(13)24-17(20)19-15(21)11-5-3-4-6-12(11)18/h3-9H,1-2H3. The van der Waals surface area contributed by atoms with Gasteiger partial charge < -0.3 is 9.30 Å². The molecule has 0 aliphatic carbocycles. The van der Waals surface area contributed by atoms with Crippen molar-refractivity contribution in [3.63, 3.8) is 0 Å². The van der Waals surface area contributed by atoms with E-state index < -0.39 is 0 Å². The van der Waals surface area contributed by atoms with Crippen molar-refractivity contribution in [1.82, 2.24) is 4.57 Å². The minimum Gasteiger partial charge on any atom is -0.465 e. The van der Waals surface area contributed by atoms with Gasteiger partial charge in [0.25, 0.3) is 5.91 Å². The summed E-state index contributed by atoms with van der Waals surface area (Å²) in [5.41, 5.74) is 1.95. The maximum Gasteiger partial charge on any atom is 0.337 e. The highest BCUT2D eigenvalue weighted by atomic mass is 127. The zero-order chi connectivity index (χ0) is 17.3. The first-order chi connectivity index (χ1) is 11.5. The molecule has 122 valence electrons. The van der Waals surface area contributed by atoms with Gasteiger partial charge in [0.05, 0.1) is 28.5 Å². The Hall–Kier alpha value is -2.00. The number of hydrogen-bond acceptors (Lipinski definition) is 4. The number of nitrogens with zero attached hydrogens (tertiary/aromatic N) is 2. The minimum atomic E-state index is -0.388. The minimum absolute atomic E-state index is 0.282. The first kappa shape index (κ1) is 16.8. The highest BCUT2D eigenvalue weighted by Crippen LogP contribution is 2.19. The monoisotopic (exact) mass is 452 g/mol. The van der Waals surface area contributed by atoms with Gasteiger partial charge in [0.1, 0.15) is 0 Å². The number of carbonyl (C=O) groups is 2. The van der Waals surface area contributed by atoms with E-state index in [1.807, 2.05) is 35.9 Å². The molecule has 3 aromatic rings. The molecule has 1 heterocycles. The van der Waals surface area contributed by atoms with Crippen LogP contribution in [-0.4, -0.2) is 23.6 Å². The number of aryl methyl sites for hydroxylation is 1. The zero-order valence-corrected chi connectivity index (χ0v) is 15.9. The van der Waals surface area contributed by atoms with Crippen molar-refractivity contribution in [2.45, 2.75) is 0 Å². The normalized spacial score (nSPS) is 11.7. The van der Waals surface area contributed by atoms with Crippen LogP contribution in [-0.2, 0) is 11.8 Å². The first-order valence-corrected chi connectivity index (χ1v) is 8.92. The molecule has 0 saturated carbocycles. The van der Waals surface area contributed by atoms with Crippen LogP contribution in [0.1, 0.15) is 20.7 Å². The largest absolute Gasteiger partial charge is 0.465 e. The summed E-state index contributed by atoms with van der Waals surface area (Å²) in [5.74, 6) is -0.670. The average molecular weight is 452 g/mol. The van der Waals surface area contributed by atoms with E-state index in [1.54, 1.807) is 18.2 Å². The number of hydrogen-bond donors (Lipinski definition) is 0. The molecule has 0 aliphatic heterocycles. The molecular weight excluding hydrogens is 439 g/mol. The Morgan fingerprint density at radius 2 is 1.96 bits per heavy atom. The number of benzene rings is 2. The molecule has 5 nitrogen and oxygen atoms in total. The maximum atomic E-state index is 12.4. The molecule has 0 aliphatic rings. The molecule has 24 heavy (non-hydrogen) atoms. The van der Waals surface area contributed by atoms with Crippen LogP contribution in [0, 0.1) is 3.57 Å². The van der Waals surface area contributed by atoms with E-state index in [4.69, 9.17) is 4.74 Å². The molecule has 0 N–H and O–H groups in total. The van der Waals surface area contributed by atoms with Gasteiger partial charge >= 0.3 is 5.97 Å². The van der Waals surface area contributed by atoms with Crippen LogP contribution in [0.4, 0.5) is 0 Å². The Labute approximate surface area is 155 Å². The van der Waals surface area contributed by atoms with E-state index >= 15 is 0 Å². The highest BCUT2D eigenvalue weighted by Gasteiger charge is 2.12. The summed E-state index contributed by atoms with van der Waals surface area (Å²) in [6.45, 7) is 0. The third-order valence-corrected chi connectivity index (χ3v) is 5.57. The van der Waals surface area contributed by atoms with E-state index in [9.17, 15) is 9.59 Å². The van der Waals surface area contributed by atoms with Gasteiger partial charge in [-0.2, -0.15) is 4.99 Å². The number of rotatable bonds is 2. The van der Waals surface area contributed by atoms with Crippen molar-refractivity contribution >= 4 is 56.0 Å². The Bertz CT molecular complexity index is 1020. The molecule has 3 rings (SSSR count). The molecular formula is C17H13IN2O3S. The lowest BCUT2D eigenvalue weighted by Gasteiger charge is -2.00. The van der Waals surface area contributed by atoms with Crippen LogP contribution in [0.2, 0.25) is 0 Å².